The molecule has 0 saturated heterocycles. The fourth-order valence-corrected chi connectivity index (χ4v) is 9.21. The summed E-state index contributed by atoms with van der Waals surface area (Å²) in [7, 11) is 0. The van der Waals surface area contributed by atoms with E-state index in [4.69, 9.17) is 9.97 Å². The summed E-state index contributed by atoms with van der Waals surface area (Å²) in [5, 5.41) is 0. The Morgan fingerprint density at radius 2 is 0.591 bits per heavy atom. The minimum atomic E-state index is 0. The molecular formula is C48H58Cl5MnN12-. The molecule has 0 atom stereocenters. The number of aromatic nitrogens is 12. The van der Waals surface area contributed by atoms with E-state index < -0.39 is 0 Å². The summed E-state index contributed by atoms with van der Waals surface area (Å²) < 4.78 is 18.6. The van der Waals surface area contributed by atoms with Crippen LogP contribution in [0.15, 0.2) is 73.8 Å². The van der Waals surface area contributed by atoms with Gasteiger partial charge in [-0.1, -0.05) is 0 Å². The smallest absolute Gasteiger partial charge is 0.293 e. The predicted octanol–water partition coefficient (Wildman–Crippen LogP) is -7.14. The number of H-pyrrole nitrogens is 2. The molecule has 12 nitrogen and oxygen atoms in total. The molecule has 9 rings (SSSR count). The summed E-state index contributed by atoms with van der Waals surface area (Å²) in [6.07, 6.45) is 26.3. The predicted molar refractivity (Wildman–Crippen MR) is 239 cm³/mol. The van der Waals surface area contributed by atoms with Gasteiger partial charge >= 0.3 is 0 Å². The van der Waals surface area contributed by atoms with Crippen LogP contribution in [0, 0.1) is 0 Å². The van der Waals surface area contributed by atoms with Crippen LogP contribution in [0.3, 0.4) is 0 Å². The van der Waals surface area contributed by atoms with Gasteiger partial charge in [0.05, 0.1) is 97.2 Å². The molecule has 0 amide bonds. The summed E-state index contributed by atoms with van der Waals surface area (Å²) >= 11 is 0. The van der Waals surface area contributed by atoms with Gasteiger partial charge in [-0.05, 0) is 104 Å². The van der Waals surface area contributed by atoms with Crippen LogP contribution in [0.25, 0.3) is 91.9 Å². The van der Waals surface area contributed by atoms with E-state index in [9.17, 15) is 0 Å². The van der Waals surface area contributed by atoms with Gasteiger partial charge < -0.3 is 72.0 Å². The number of imidazole rings is 4. The second kappa shape index (κ2) is 23.4. The van der Waals surface area contributed by atoms with Crippen molar-refractivity contribution in [2.24, 2.45) is 0 Å². The Balaban J connectivity index is 0.00000193. The van der Waals surface area contributed by atoms with Crippen LogP contribution in [-0.2, 0) is 69.4 Å². The van der Waals surface area contributed by atoms with Crippen LogP contribution in [-0.4, -0.2) is 38.2 Å². The van der Waals surface area contributed by atoms with E-state index in [-0.39, 0.29) is 79.1 Å². The summed E-state index contributed by atoms with van der Waals surface area (Å²) in [6.45, 7) is 24.3. The average Bonchev–Trinajstić information content (AvgIpc) is 4.13. The van der Waals surface area contributed by atoms with E-state index in [1.54, 1.807) is 0 Å². The Kier molecular flexibility index (Phi) is 19.8. The van der Waals surface area contributed by atoms with E-state index in [0.717, 1.165) is 143 Å². The number of hydrogen-bond donors (Lipinski definition) is 2. The summed E-state index contributed by atoms with van der Waals surface area (Å²) in [5.41, 5.74) is 11.9. The number of nitrogens with zero attached hydrogens (tertiary/aromatic N) is 10. The molecule has 66 heavy (non-hydrogen) atoms. The molecule has 0 spiro atoms. The van der Waals surface area contributed by atoms with Gasteiger partial charge in [-0.3, -0.25) is 0 Å². The van der Waals surface area contributed by atoms with Crippen LogP contribution in [0.4, 0.5) is 0 Å². The van der Waals surface area contributed by atoms with Crippen LogP contribution >= 0.6 is 0 Å². The summed E-state index contributed by atoms with van der Waals surface area (Å²) in [4.78, 5) is 19.2. The SMILES string of the molecule is CCn1cc[n+](CC)c1-c1c2nc(c(-c3n(CC)cc[n+]3CC)c3ccc([nH]3)c(-c3n(CC)cc[n+]3CC)c3nc(c(-c4n(CC)cc[n+]4CC)c4ccc1[nH]4)C=C3)C=C2.[Cl-].[Cl-].[Cl-].[Cl-].[Cl-].[Mn]. The molecule has 0 unspecified atom stereocenters. The summed E-state index contributed by atoms with van der Waals surface area (Å²) in [5.74, 6) is 4.45. The zero-order valence-electron chi connectivity index (χ0n) is 38.6. The third-order valence-electron chi connectivity index (χ3n) is 12.3. The quantitative estimate of drug-likeness (QED) is 0.0943. The van der Waals surface area contributed by atoms with Crippen molar-refractivity contribution >= 4 is 46.4 Å². The number of hydrogen-bond acceptors (Lipinski definition) is 2. The fourth-order valence-electron chi connectivity index (χ4n) is 9.21. The largest absolute Gasteiger partial charge is 1.00 e. The molecule has 8 bridgehead atoms. The Bertz CT molecular complexity index is 2540. The fraction of sp³-hybridized carbons (Fsp3) is 0.333. The number of halogens is 5. The molecule has 353 valence electrons. The maximum Gasteiger partial charge on any atom is 0.293 e. The van der Waals surface area contributed by atoms with E-state index in [0.29, 0.717) is 0 Å². The van der Waals surface area contributed by atoms with E-state index in [1.165, 1.54) is 0 Å². The molecule has 7 aromatic heterocycles. The normalized spacial score (nSPS) is 11.3. The van der Waals surface area contributed by atoms with Crippen molar-refractivity contribution in [1.29, 1.82) is 0 Å². The average molecular weight is 1040 g/mol. The first-order valence-electron chi connectivity index (χ1n) is 21.9. The van der Waals surface area contributed by atoms with Crippen molar-refractivity contribution in [3.63, 3.8) is 0 Å². The number of aryl methyl sites for hydroxylation is 8. The van der Waals surface area contributed by atoms with Gasteiger partial charge in [0.2, 0.25) is 0 Å². The topological polar surface area (TPSA) is 92.6 Å². The molecule has 0 aromatic carbocycles. The van der Waals surface area contributed by atoms with Gasteiger partial charge in [-0.2, -0.15) is 0 Å². The maximum absolute atomic E-state index is 5.63. The van der Waals surface area contributed by atoms with Gasteiger partial charge in [-0.15, -0.1) is 0 Å². The van der Waals surface area contributed by atoms with Crippen molar-refractivity contribution in [2.75, 3.05) is 0 Å². The minimum absolute atomic E-state index is 0. The minimum Gasteiger partial charge on any atom is -1.00 e. The van der Waals surface area contributed by atoms with Crippen molar-refractivity contribution < 1.29 is 97.4 Å². The monoisotopic (exact) mass is 1030 g/mol. The first-order valence-corrected chi connectivity index (χ1v) is 21.9. The molecule has 2 N–H and O–H groups in total. The molecule has 7 aromatic rings. The van der Waals surface area contributed by atoms with E-state index >= 15 is 0 Å². The van der Waals surface area contributed by atoms with Crippen LogP contribution in [0.5, 0.6) is 0 Å². The molecular weight excluding hydrogens is 977 g/mol. The van der Waals surface area contributed by atoms with Gasteiger partial charge in [-0.25, -0.2) is 46.5 Å². The maximum atomic E-state index is 5.63. The van der Waals surface area contributed by atoms with E-state index in [1.807, 2.05) is 0 Å². The third kappa shape index (κ3) is 9.33. The second-order valence-corrected chi connectivity index (χ2v) is 15.3. The van der Waals surface area contributed by atoms with Crippen LogP contribution in [0.2, 0.25) is 0 Å². The first-order chi connectivity index (χ1) is 29.4. The van der Waals surface area contributed by atoms with Crippen molar-refractivity contribution in [2.45, 2.75) is 108 Å². The van der Waals surface area contributed by atoms with Crippen LogP contribution in [0.1, 0.15) is 78.2 Å². The molecule has 2 aliphatic heterocycles. The Hall–Kier alpha value is -4.59. The number of aromatic amines is 2. The first kappa shape index (κ1) is 55.7. The van der Waals surface area contributed by atoms with Crippen molar-refractivity contribution in [1.82, 2.24) is 38.2 Å². The second-order valence-electron chi connectivity index (χ2n) is 15.3. The number of rotatable bonds is 12. The molecule has 0 saturated carbocycles. The molecule has 18 heteroatoms. The number of nitrogens with one attached hydrogen (secondary N) is 2. The molecule has 0 aliphatic carbocycles. The molecule has 1 radical (unpaired) electrons. The number of fused-ring (bicyclic) bond motifs is 8. The Morgan fingerprint density at radius 1 is 0.379 bits per heavy atom. The van der Waals surface area contributed by atoms with Crippen LogP contribution < -0.4 is 80.3 Å². The molecule has 2 aliphatic rings. The van der Waals surface area contributed by atoms with Gasteiger partial charge in [0.1, 0.15) is 71.8 Å². The standard InChI is InChI=1S/C48H57N12.5ClH.Mn/c1-9-53-25-26-54(10-2)45(53)41-33-17-19-35(49-33)42(46-55(11-3)27-28-56(46)12-4)37-21-23-39(51-37)44(48-59(15-7)31-32-60(48)16-8)40-24-22-38(52-40)43(36-20-18-34(41)50-36)47-57(13-5)29-30-58(47)14-6;;;;;;/h17-32H,9-16H2,1-8H3,(H,49,50,51,52);5*1H;/q+3;;;;;;/p-4. The molecule has 9 heterocycles. The van der Waals surface area contributed by atoms with Crippen molar-refractivity contribution in [3.8, 4) is 45.6 Å². The third-order valence-corrected chi connectivity index (χ3v) is 12.3. The Morgan fingerprint density at radius 3 is 0.773 bits per heavy atom. The van der Waals surface area contributed by atoms with Gasteiger partial charge in [0.15, 0.2) is 0 Å². The van der Waals surface area contributed by atoms with Gasteiger partial charge in [0, 0.05) is 17.1 Å². The van der Waals surface area contributed by atoms with Crippen molar-refractivity contribution in [3.05, 3.63) is 96.6 Å². The zero-order valence-corrected chi connectivity index (χ0v) is 43.6. The Labute approximate surface area is 429 Å². The van der Waals surface area contributed by atoms with Gasteiger partial charge in [0.25, 0.3) is 23.3 Å². The molecule has 0 fully saturated rings. The summed E-state index contributed by atoms with van der Waals surface area (Å²) in [6, 6.07) is 8.92. The zero-order chi connectivity index (χ0) is 41.7. The van der Waals surface area contributed by atoms with E-state index in [2.05, 4.69) is 200 Å².